The van der Waals surface area contributed by atoms with E-state index in [1.54, 1.807) is 37.1 Å². The lowest BCUT2D eigenvalue weighted by atomic mass is 9.89. The molecule has 1 aromatic heterocycles. The lowest BCUT2D eigenvalue weighted by Gasteiger charge is -2.35. The van der Waals surface area contributed by atoms with Crippen LogP contribution in [0.25, 0.3) is 11.1 Å². The Bertz CT molecular complexity index is 1360. The third-order valence-electron chi connectivity index (χ3n) is 7.78. The monoisotopic (exact) mass is 529 g/mol. The molecule has 9 nitrogen and oxygen atoms in total. The zero-order valence-electron chi connectivity index (χ0n) is 22.3. The first-order valence-corrected chi connectivity index (χ1v) is 13.4. The van der Waals surface area contributed by atoms with Crippen molar-refractivity contribution >= 4 is 17.8 Å². The molecule has 0 saturated carbocycles. The molecule has 1 saturated heterocycles. The highest BCUT2D eigenvalue weighted by Crippen LogP contribution is 2.36. The summed E-state index contributed by atoms with van der Waals surface area (Å²) in [4.78, 5) is 34.7. The van der Waals surface area contributed by atoms with E-state index >= 15 is 0 Å². The predicted octanol–water partition coefficient (Wildman–Crippen LogP) is 3.30. The summed E-state index contributed by atoms with van der Waals surface area (Å²) in [6, 6.07) is 18.6. The summed E-state index contributed by atoms with van der Waals surface area (Å²) in [6.07, 6.45) is 2.89. The number of piperidine rings is 1. The Morgan fingerprint density at radius 2 is 1.87 bits per heavy atom. The number of furan rings is 1. The highest BCUT2D eigenvalue weighted by Gasteiger charge is 2.46. The minimum absolute atomic E-state index is 0.138. The van der Waals surface area contributed by atoms with E-state index < -0.39 is 11.8 Å². The third kappa shape index (κ3) is 5.60. The van der Waals surface area contributed by atoms with Crippen LogP contribution in [0.5, 0.6) is 0 Å². The second kappa shape index (κ2) is 11.0. The summed E-state index contributed by atoms with van der Waals surface area (Å²) in [6.45, 7) is 5.99. The van der Waals surface area contributed by atoms with E-state index in [1.165, 1.54) is 0 Å². The van der Waals surface area contributed by atoms with Crippen molar-refractivity contribution in [3.8, 4) is 11.1 Å². The van der Waals surface area contributed by atoms with Crippen LogP contribution in [0.4, 0.5) is 0 Å². The van der Waals surface area contributed by atoms with Crippen LogP contribution in [-0.4, -0.2) is 58.5 Å². The number of aliphatic hydroxyl groups is 1. The molecule has 9 heteroatoms. The van der Waals surface area contributed by atoms with Gasteiger partial charge in [0.1, 0.15) is 12.0 Å². The molecule has 0 aliphatic carbocycles. The number of rotatable bonds is 8. The Hall–Kier alpha value is -3.95. The maximum Gasteiger partial charge on any atom is 0.261 e. The normalized spacial score (nSPS) is 21.2. The van der Waals surface area contributed by atoms with Crippen LogP contribution < -0.4 is 11.1 Å². The predicted molar refractivity (Wildman–Crippen MR) is 148 cm³/mol. The van der Waals surface area contributed by atoms with Crippen LogP contribution in [0.2, 0.25) is 0 Å². The first-order valence-electron chi connectivity index (χ1n) is 13.4. The van der Waals surface area contributed by atoms with Crippen LogP contribution in [0.3, 0.4) is 0 Å². The highest BCUT2D eigenvalue weighted by atomic mass is 16.3. The topological polar surface area (TPSA) is 124 Å². The van der Waals surface area contributed by atoms with Gasteiger partial charge in [0.05, 0.1) is 12.8 Å². The standard InChI is InChI=1S/C30H35N5O4/c1-20(36)34-13-11-21(12-14-34)19-35-28(38)30(2,33-29(35)31)25-9-4-7-23(17-25)22-6-3-8-24(16-22)27(37)32-18-26-10-5-15-39-26/h3-10,15-17,20-21,36H,11-14,18-19H2,1-2H3,(H2,31,33)(H,32,37). The van der Waals surface area contributed by atoms with Crippen molar-refractivity contribution in [1.82, 2.24) is 15.1 Å². The number of carbonyl (C=O) groups is 2. The molecule has 2 aliphatic heterocycles. The number of nitrogens with two attached hydrogens (primary N) is 1. The van der Waals surface area contributed by atoms with Gasteiger partial charge in [-0.05, 0) is 79.6 Å². The number of guanidine groups is 1. The van der Waals surface area contributed by atoms with Crippen molar-refractivity contribution in [2.75, 3.05) is 19.6 Å². The molecule has 3 aromatic rings. The first-order chi connectivity index (χ1) is 18.7. The average molecular weight is 530 g/mol. The van der Waals surface area contributed by atoms with Crippen LogP contribution >= 0.6 is 0 Å². The van der Waals surface area contributed by atoms with Gasteiger partial charge in [-0.3, -0.25) is 19.4 Å². The molecule has 39 heavy (non-hydrogen) atoms. The molecule has 2 aromatic carbocycles. The van der Waals surface area contributed by atoms with Gasteiger partial charge in [0.2, 0.25) is 0 Å². The Morgan fingerprint density at radius 1 is 1.15 bits per heavy atom. The number of nitrogens with one attached hydrogen (secondary N) is 1. The molecule has 204 valence electrons. The van der Waals surface area contributed by atoms with Gasteiger partial charge < -0.3 is 20.6 Å². The number of aliphatic imine (C=N–C) groups is 1. The van der Waals surface area contributed by atoms with Crippen molar-refractivity contribution in [2.45, 2.75) is 45.0 Å². The number of carbonyl (C=O) groups excluding carboxylic acids is 2. The molecule has 2 atom stereocenters. The summed E-state index contributed by atoms with van der Waals surface area (Å²) in [7, 11) is 0. The van der Waals surface area contributed by atoms with Gasteiger partial charge in [0.15, 0.2) is 11.5 Å². The van der Waals surface area contributed by atoms with Gasteiger partial charge in [-0.25, -0.2) is 4.99 Å². The molecular weight excluding hydrogens is 494 g/mol. The van der Waals surface area contributed by atoms with Crippen molar-refractivity contribution in [3.63, 3.8) is 0 Å². The van der Waals surface area contributed by atoms with Crippen molar-refractivity contribution in [3.05, 3.63) is 83.8 Å². The van der Waals surface area contributed by atoms with Gasteiger partial charge in [-0.2, -0.15) is 0 Å². The average Bonchev–Trinajstić information content (AvgIpc) is 3.55. The largest absolute Gasteiger partial charge is 0.467 e. The fourth-order valence-corrected chi connectivity index (χ4v) is 5.36. The van der Waals surface area contributed by atoms with E-state index in [2.05, 4.69) is 10.3 Å². The van der Waals surface area contributed by atoms with E-state index in [4.69, 9.17) is 10.2 Å². The second-order valence-electron chi connectivity index (χ2n) is 10.5. The van der Waals surface area contributed by atoms with Crippen LogP contribution in [0.1, 0.15) is 48.4 Å². The smallest absolute Gasteiger partial charge is 0.261 e. The molecule has 5 rings (SSSR count). The summed E-state index contributed by atoms with van der Waals surface area (Å²) < 4.78 is 5.29. The van der Waals surface area contributed by atoms with Crippen LogP contribution in [0.15, 0.2) is 76.3 Å². The Labute approximate surface area is 228 Å². The van der Waals surface area contributed by atoms with E-state index in [9.17, 15) is 14.7 Å². The lowest BCUT2D eigenvalue weighted by molar-refractivity contribution is -0.131. The fourth-order valence-electron chi connectivity index (χ4n) is 5.36. The summed E-state index contributed by atoms with van der Waals surface area (Å²) in [5.41, 5.74) is 8.17. The Kier molecular flexibility index (Phi) is 7.54. The van der Waals surface area contributed by atoms with E-state index in [0.29, 0.717) is 30.3 Å². The number of hydrogen-bond donors (Lipinski definition) is 3. The third-order valence-corrected chi connectivity index (χ3v) is 7.78. The quantitative estimate of drug-likeness (QED) is 0.411. The summed E-state index contributed by atoms with van der Waals surface area (Å²) in [5.74, 6) is 0.880. The minimum Gasteiger partial charge on any atom is -0.467 e. The number of amides is 2. The molecular formula is C30H35N5O4. The minimum atomic E-state index is -1.13. The molecule has 1 fully saturated rings. The number of hydrogen-bond acceptors (Lipinski definition) is 7. The lowest BCUT2D eigenvalue weighted by Crippen LogP contribution is -2.47. The van der Waals surface area contributed by atoms with Crippen molar-refractivity contribution in [2.24, 2.45) is 16.6 Å². The van der Waals surface area contributed by atoms with Crippen LogP contribution in [0, 0.1) is 5.92 Å². The van der Waals surface area contributed by atoms with Gasteiger partial charge in [-0.1, -0.05) is 30.3 Å². The number of likely N-dealkylation sites (tertiary alicyclic amines) is 1. The van der Waals surface area contributed by atoms with Crippen molar-refractivity contribution < 1.29 is 19.1 Å². The number of aliphatic hydroxyl groups excluding tert-OH is 1. The maximum absolute atomic E-state index is 13.7. The number of benzene rings is 2. The van der Waals surface area contributed by atoms with Crippen molar-refractivity contribution in [1.29, 1.82) is 0 Å². The van der Waals surface area contributed by atoms with Gasteiger partial charge in [-0.15, -0.1) is 0 Å². The molecule has 2 unspecified atom stereocenters. The maximum atomic E-state index is 13.7. The highest BCUT2D eigenvalue weighted by molar-refractivity contribution is 6.07. The second-order valence-corrected chi connectivity index (χ2v) is 10.5. The molecule has 0 bridgehead atoms. The van der Waals surface area contributed by atoms with Gasteiger partial charge in [0.25, 0.3) is 11.8 Å². The molecule has 2 amide bonds. The van der Waals surface area contributed by atoms with Gasteiger partial charge >= 0.3 is 0 Å². The van der Waals surface area contributed by atoms with E-state index in [0.717, 1.165) is 42.6 Å². The Morgan fingerprint density at radius 3 is 2.56 bits per heavy atom. The fraction of sp³-hybridized carbons (Fsp3) is 0.367. The van der Waals surface area contributed by atoms with Crippen LogP contribution in [-0.2, 0) is 16.9 Å². The molecule has 0 radical (unpaired) electrons. The summed E-state index contributed by atoms with van der Waals surface area (Å²) in [5, 5.41) is 12.7. The zero-order chi connectivity index (χ0) is 27.6. The van der Waals surface area contributed by atoms with Gasteiger partial charge in [0, 0.05) is 25.2 Å². The first kappa shape index (κ1) is 26.6. The Balaban J connectivity index is 1.30. The SMILES string of the molecule is CC(O)N1CCC(CN2C(=O)C(C)(c3cccc(-c4cccc(C(=O)NCc5ccco5)c4)c3)N=C2N)CC1. The molecule has 0 spiro atoms. The molecule has 3 heterocycles. The van der Waals surface area contributed by atoms with E-state index in [-0.39, 0.29) is 17.8 Å². The summed E-state index contributed by atoms with van der Waals surface area (Å²) >= 11 is 0. The van der Waals surface area contributed by atoms with E-state index in [1.807, 2.05) is 53.4 Å². The molecule has 4 N–H and O–H groups in total. The number of nitrogens with zero attached hydrogens (tertiary/aromatic N) is 3. The molecule has 2 aliphatic rings. The zero-order valence-corrected chi connectivity index (χ0v) is 22.3.